The van der Waals surface area contributed by atoms with Crippen molar-refractivity contribution in [3.8, 4) is 0 Å². The van der Waals surface area contributed by atoms with Gasteiger partial charge in [-0.2, -0.15) is 0 Å². The maximum absolute atomic E-state index is 11.6. The van der Waals surface area contributed by atoms with Crippen LogP contribution < -0.4 is 0 Å². The summed E-state index contributed by atoms with van der Waals surface area (Å²) < 4.78 is 14.8. The zero-order valence-electron chi connectivity index (χ0n) is 14.0. The summed E-state index contributed by atoms with van der Waals surface area (Å²) in [4.78, 5) is 33.5. The molecule has 0 fully saturated rings. The van der Waals surface area contributed by atoms with Crippen LogP contribution in [0.1, 0.15) is 13.3 Å². The summed E-state index contributed by atoms with van der Waals surface area (Å²) in [5.74, 6) is -1.45. The molecule has 7 nitrogen and oxygen atoms in total. The van der Waals surface area contributed by atoms with E-state index in [2.05, 4.69) is 25.9 Å². The molecule has 0 radical (unpaired) electrons. The molecular formula is C15H26NO6+. The lowest BCUT2D eigenvalue weighted by Crippen LogP contribution is -2.39. The van der Waals surface area contributed by atoms with Crippen molar-refractivity contribution in [2.24, 2.45) is 5.92 Å². The lowest BCUT2D eigenvalue weighted by molar-refractivity contribution is -0.873. The number of esters is 3. The molecule has 0 N–H and O–H groups in total. The number of carbonyl (C=O) groups is 3. The SMILES string of the molecule is COC(=O)/C=C/C(=O)OCCOC(=O)CC(C)C[N+](C)(C)C. The number of ether oxygens (including phenoxy) is 3. The highest BCUT2D eigenvalue weighted by molar-refractivity contribution is 5.91. The lowest BCUT2D eigenvalue weighted by Gasteiger charge is -2.27. The molecule has 0 aromatic carbocycles. The quantitative estimate of drug-likeness (QED) is 0.203. The Morgan fingerprint density at radius 2 is 1.55 bits per heavy atom. The summed E-state index contributed by atoms with van der Waals surface area (Å²) >= 11 is 0. The molecule has 0 aliphatic heterocycles. The second kappa shape index (κ2) is 9.94. The summed E-state index contributed by atoms with van der Waals surface area (Å²) in [6, 6.07) is 0. The van der Waals surface area contributed by atoms with Crippen LogP contribution in [0.2, 0.25) is 0 Å². The Labute approximate surface area is 131 Å². The van der Waals surface area contributed by atoms with Gasteiger partial charge in [0.2, 0.25) is 0 Å². The van der Waals surface area contributed by atoms with Crippen LogP contribution >= 0.6 is 0 Å². The van der Waals surface area contributed by atoms with Crippen molar-refractivity contribution < 1.29 is 33.1 Å². The van der Waals surface area contributed by atoms with Crippen LogP contribution in [0.4, 0.5) is 0 Å². The maximum Gasteiger partial charge on any atom is 0.331 e. The molecule has 0 amide bonds. The van der Waals surface area contributed by atoms with Gasteiger partial charge in [0.1, 0.15) is 13.2 Å². The van der Waals surface area contributed by atoms with Crippen LogP contribution in [0.25, 0.3) is 0 Å². The summed E-state index contributed by atoms with van der Waals surface area (Å²) in [6.07, 6.45) is 2.24. The van der Waals surface area contributed by atoms with E-state index >= 15 is 0 Å². The predicted molar refractivity (Wildman–Crippen MR) is 79.8 cm³/mol. The number of carbonyl (C=O) groups excluding carboxylic acids is 3. The van der Waals surface area contributed by atoms with Gasteiger partial charge in [-0.1, -0.05) is 6.92 Å². The third kappa shape index (κ3) is 11.9. The van der Waals surface area contributed by atoms with E-state index in [4.69, 9.17) is 9.47 Å². The number of rotatable bonds is 9. The van der Waals surface area contributed by atoms with Gasteiger partial charge < -0.3 is 18.7 Å². The first-order valence-corrected chi connectivity index (χ1v) is 7.03. The molecule has 0 saturated heterocycles. The minimum Gasteiger partial charge on any atom is -0.466 e. The van der Waals surface area contributed by atoms with E-state index < -0.39 is 11.9 Å². The molecule has 0 saturated carbocycles. The van der Waals surface area contributed by atoms with Crippen molar-refractivity contribution in [2.45, 2.75) is 13.3 Å². The topological polar surface area (TPSA) is 78.9 Å². The Bertz CT molecular complexity index is 411. The fourth-order valence-corrected chi connectivity index (χ4v) is 1.89. The normalized spacial score (nSPS) is 12.8. The third-order valence-electron chi connectivity index (χ3n) is 2.52. The molecule has 22 heavy (non-hydrogen) atoms. The molecule has 0 aliphatic rings. The lowest BCUT2D eigenvalue weighted by atomic mass is 10.1. The van der Waals surface area contributed by atoms with Gasteiger partial charge in [0.05, 0.1) is 41.2 Å². The highest BCUT2D eigenvalue weighted by atomic mass is 16.6. The van der Waals surface area contributed by atoms with Gasteiger partial charge in [-0.3, -0.25) is 4.79 Å². The van der Waals surface area contributed by atoms with Crippen molar-refractivity contribution in [3.63, 3.8) is 0 Å². The monoisotopic (exact) mass is 316 g/mol. The number of nitrogens with zero attached hydrogens (tertiary/aromatic N) is 1. The van der Waals surface area contributed by atoms with Crippen molar-refractivity contribution in [3.05, 3.63) is 12.2 Å². The maximum atomic E-state index is 11.6. The van der Waals surface area contributed by atoms with Gasteiger partial charge in [0, 0.05) is 18.1 Å². The van der Waals surface area contributed by atoms with Crippen molar-refractivity contribution in [1.82, 2.24) is 0 Å². The van der Waals surface area contributed by atoms with Gasteiger partial charge in [0.25, 0.3) is 0 Å². The number of quaternary nitrogens is 1. The van der Waals surface area contributed by atoms with Crippen LogP contribution in [0.5, 0.6) is 0 Å². The van der Waals surface area contributed by atoms with Crippen molar-refractivity contribution in [1.29, 1.82) is 0 Å². The summed E-state index contributed by atoms with van der Waals surface area (Å²) in [6.45, 7) is 2.79. The van der Waals surface area contributed by atoms with Crippen molar-refractivity contribution >= 4 is 17.9 Å². The van der Waals surface area contributed by atoms with E-state index in [1.807, 2.05) is 6.92 Å². The molecule has 1 unspecified atom stereocenters. The van der Waals surface area contributed by atoms with Gasteiger partial charge >= 0.3 is 17.9 Å². The highest BCUT2D eigenvalue weighted by Crippen LogP contribution is 2.08. The number of hydrogen-bond donors (Lipinski definition) is 0. The molecule has 0 spiro atoms. The van der Waals surface area contributed by atoms with Crippen molar-refractivity contribution in [2.75, 3.05) is 48.0 Å². The average molecular weight is 316 g/mol. The van der Waals surface area contributed by atoms with Gasteiger partial charge in [-0.15, -0.1) is 0 Å². The Morgan fingerprint density at radius 1 is 1.00 bits per heavy atom. The van der Waals surface area contributed by atoms with Crippen LogP contribution in [-0.4, -0.2) is 70.4 Å². The minimum atomic E-state index is -0.695. The average Bonchev–Trinajstić information content (AvgIpc) is 2.38. The summed E-state index contributed by atoms with van der Waals surface area (Å²) in [5, 5.41) is 0. The minimum absolute atomic E-state index is 0.00622. The van der Waals surface area contributed by atoms with Gasteiger partial charge in [0.15, 0.2) is 0 Å². The standard InChI is InChI=1S/C15H26NO6/c1-12(11-16(2,3)4)10-15(19)22-9-8-21-14(18)7-6-13(17)20-5/h6-7,12H,8-11H2,1-5H3/q+1/b7-6+. The Kier molecular flexibility index (Phi) is 9.09. The number of hydrogen-bond acceptors (Lipinski definition) is 6. The fourth-order valence-electron chi connectivity index (χ4n) is 1.89. The first kappa shape index (κ1) is 20.1. The smallest absolute Gasteiger partial charge is 0.331 e. The van der Waals surface area contributed by atoms with Gasteiger partial charge in [-0.05, 0) is 0 Å². The molecule has 0 aromatic rings. The molecule has 0 rings (SSSR count). The summed E-state index contributed by atoms with van der Waals surface area (Å²) in [7, 11) is 7.38. The summed E-state index contributed by atoms with van der Waals surface area (Å²) in [5.41, 5.74) is 0. The van der Waals surface area contributed by atoms with E-state index in [9.17, 15) is 14.4 Å². The Hall–Kier alpha value is -1.89. The molecule has 7 heteroatoms. The predicted octanol–water partition coefficient (Wildman–Crippen LogP) is 0.534. The van der Waals surface area contributed by atoms with Crippen LogP contribution in [-0.2, 0) is 28.6 Å². The first-order valence-electron chi connectivity index (χ1n) is 7.03. The highest BCUT2D eigenvalue weighted by Gasteiger charge is 2.17. The largest absolute Gasteiger partial charge is 0.466 e. The molecule has 1 atom stereocenters. The van der Waals surface area contributed by atoms with Crippen LogP contribution in [0.15, 0.2) is 12.2 Å². The molecular weight excluding hydrogens is 290 g/mol. The van der Waals surface area contributed by atoms with Gasteiger partial charge in [-0.25, -0.2) is 9.59 Å². The molecule has 0 aliphatic carbocycles. The third-order valence-corrected chi connectivity index (χ3v) is 2.52. The second-order valence-corrected chi connectivity index (χ2v) is 6.03. The van der Waals surface area contributed by atoms with E-state index in [0.717, 1.165) is 23.2 Å². The fraction of sp³-hybridized carbons (Fsp3) is 0.667. The van der Waals surface area contributed by atoms with E-state index in [0.29, 0.717) is 6.42 Å². The zero-order chi connectivity index (χ0) is 17.2. The van der Waals surface area contributed by atoms with E-state index in [-0.39, 0.29) is 25.1 Å². The van der Waals surface area contributed by atoms with Crippen LogP contribution in [0.3, 0.4) is 0 Å². The Balaban J connectivity index is 3.83. The van der Waals surface area contributed by atoms with Crippen LogP contribution in [0, 0.1) is 5.92 Å². The zero-order valence-corrected chi connectivity index (χ0v) is 14.0. The first-order chi connectivity index (χ1) is 10.1. The second-order valence-electron chi connectivity index (χ2n) is 6.03. The Morgan fingerprint density at radius 3 is 2.09 bits per heavy atom. The molecule has 0 aromatic heterocycles. The van der Waals surface area contributed by atoms with E-state index in [1.54, 1.807) is 0 Å². The molecule has 0 heterocycles. The van der Waals surface area contributed by atoms with E-state index in [1.165, 1.54) is 7.11 Å². The molecule has 0 bridgehead atoms. The molecule has 126 valence electrons. The number of methoxy groups -OCH3 is 1.